The van der Waals surface area contributed by atoms with E-state index in [1.54, 1.807) is 0 Å². The lowest BCUT2D eigenvalue weighted by Crippen LogP contribution is -2.30. The molecule has 0 heterocycles. The molecular weight excluding hydrogens is 472 g/mol. The van der Waals surface area contributed by atoms with Crippen molar-refractivity contribution < 1.29 is 50.1 Å². The number of aromatic hydroxyl groups is 6. The van der Waals surface area contributed by atoms with Gasteiger partial charge in [-0.2, -0.15) is 0 Å². The molecule has 0 aliphatic rings. The molecule has 10 heteroatoms. The number of allylic oxidation sites excluding steroid dienone is 1. The molecule has 36 heavy (non-hydrogen) atoms. The number of hydrogen-bond donors (Lipinski definition) is 7. The summed E-state index contributed by atoms with van der Waals surface area (Å²) in [6.45, 7) is 0. The molecule has 0 aliphatic heterocycles. The molecule has 3 rings (SSSR count). The maximum Gasteiger partial charge on any atom is 0.322 e. The van der Waals surface area contributed by atoms with Gasteiger partial charge in [-0.3, -0.25) is 14.4 Å². The molecule has 0 saturated carbocycles. The van der Waals surface area contributed by atoms with E-state index in [2.05, 4.69) is 0 Å². The number of carboxylic acid groups (broad SMARTS) is 1. The fraction of sp³-hybridized carbons (Fsp3) is 0.0385. The molecule has 0 saturated heterocycles. The van der Waals surface area contributed by atoms with Gasteiger partial charge in [0.25, 0.3) is 0 Å². The van der Waals surface area contributed by atoms with Gasteiger partial charge in [0.05, 0.1) is 0 Å². The molecule has 3 aromatic carbocycles. The van der Waals surface area contributed by atoms with Crippen LogP contribution in [0.3, 0.4) is 0 Å². The van der Waals surface area contributed by atoms with Crippen LogP contribution in [0, 0.1) is 5.92 Å². The van der Waals surface area contributed by atoms with Gasteiger partial charge in [0, 0.05) is 11.1 Å². The highest BCUT2D eigenvalue weighted by Gasteiger charge is 2.33. The summed E-state index contributed by atoms with van der Waals surface area (Å²) in [5.41, 5.74) is 0.334. The predicted molar refractivity (Wildman–Crippen MR) is 128 cm³/mol. The number of carbonyl (C=O) groups is 3. The first-order chi connectivity index (χ1) is 17.0. The molecule has 7 N–H and O–H groups in total. The van der Waals surface area contributed by atoms with Crippen LogP contribution in [0.4, 0.5) is 0 Å². The minimum atomic E-state index is -2.14. The van der Waals surface area contributed by atoms with Crippen LogP contribution in [0.25, 0.3) is 18.2 Å². The number of Topliss-reactive ketones (excluding diaryl/α,β-unsaturated/α-hetero) is 1. The molecule has 10 nitrogen and oxygen atoms in total. The van der Waals surface area contributed by atoms with E-state index < -0.39 is 46.5 Å². The van der Waals surface area contributed by atoms with Crippen LogP contribution < -0.4 is 0 Å². The third-order valence-electron chi connectivity index (χ3n) is 5.15. The third-order valence-corrected chi connectivity index (χ3v) is 5.15. The zero-order chi connectivity index (χ0) is 26.6. The van der Waals surface area contributed by atoms with Gasteiger partial charge in [0.1, 0.15) is 0 Å². The molecule has 0 aromatic heterocycles. The van der Waals surface area contributed by atoms with Crippen molar-refractivity contribution in [1.29, 1.82) is 0 Å². The summed E-state index contributed by atoms with van der Waals surface area (Å²) in [5.74, 6) is -9.02. The van der Waals surface area contributed by atoms with E-state index in [-0.39, 0.29) is 28.2 Å². The molecule has 184 valence electrons. The van der Waals surface area contributed by atoms with E-state index in [1.165, 1.54) is 36.4 Å². The maximum absolute atomic E-state index is 12.7. The van der Waals surface area contributed by atoms with Crippen molar-refractivity contribution in [2.24, 2.45) is 5.92 Å². The topological polar surface area (TPSA) is 193 Å². The number of phenolic OH excluding ortho intramolecular Hbond substituents is 6. The first kappa shape index (κ1) is 25.4. The second kappa shape index (κ2) is 10.3. The molecule has 0 amide bonds. The van der Waals surface area contributed by atoms with Crippen LogP contribution in [0.2, 0.25) is 0 Å². The molecule has 0 spiro atoms. The standard InChI is InChI=1S/C26H20O10/c27-17-7-2-13(11-21(17)31)1-6-16-14(4-10-20(30)25(16)34)3-9-19(29)23(26(35)36)24(33)15-5-8-18(28)22(32)12-15/h1-12,23,27-28,30-32,34H,(H,35,36)/t23-/m1/s1. The molecule has 0 unspecified atom stereocenters. The average molecular weight is 492 g/mol. The van der Waals surface area contributed by atoms with E-state index in [9.17, 15) is 50.1 Å². The number of benzene rings is 3. The van der Waals surface area contributed by atoms with Crippen molar-refractivity contribution in [1.82, 2.24) is 0 Å². The number of hydrogen-bond acceptors (Lipinski definition) is 9. The van der Waals surface area contributed by atoms with E-state index in [0.717, 1.165) is 36.4 Å². The number of carboxylic acids is 1. The minimum absolute atomic E-state index is 0.0354. The van der Waals surface area contributed by atoms with Crippen LogP contribution in [0.5, 0.6) is 34.5 Å². The van der Waals surface area contributed by atoms with E-state index in [4.69, 9.17) is 0 Å². The van der Waals surface area contributed by atoms with Crippen molar-refractivity contribution >= 4 is 35.8 Å². The van der Waals surface area contributed by atoms with Crippen LogP contribution >= 0.6 is 0 Å². The highest BCUT2D eigenvalue weighted by molar-refractivity contribution is 6.25. The van der Waals surface area contributed by atoms with Crippen molar-refractivity contribution in [3.63, 3.8) is 0 Å². The Balaban J connectivity index is 1.93. The number of ketones is 2. The van der Waals surface area contributed by atoms with Crippen molar-refractivity contribution in [2.45, 2.75) is 0 Å². The van der Waals surface area contributed by atoms with E-state index in [0.29, 0.717) is 5.56 Å². The Labute approximate surface area is 203 Å². The number of phenols is 6. The average Bonchev–Trinajstić information content (AvgIpc) is 2.82. The third kappa shape index (κ3) is 5.45. The van der Waals surface area contributed by atoms with Crippen LogP contribution in [-0.2, 0) is 9.59 Å². The summed E-state index contributed by atoms with van der Waals surface area (Å²) in [6.07, 6.45) is 4.76. The largest absolute Gasteiger partial charge is 0.504 e. The lowest BCUT2D eigenvalue weighted by molar-refractivity contribution is -0.142. The minimum Gasteiger partial charge on any atom is -0.504 e. The summed E-state index contributed by atoms with van der Waals surface area (Å²) in [5, 5.41) is 67.6. The first-order valence-corrected chi connectivity index (χ1v) is 10.3. The number of aliphatic carboxylic acids is 1. The van der Waals surface area contributed by atoms with Crippen molar-refractivity contribution in [3.05, 3.63) is 76.9 Å². The zero-order valence-corrected chi connectivity index (χ0v) is 18.4. The SMILES string of the molecule is O=C(O)[C@H](C(=O)C=Cc1ccc(O)c(O)c1C=Cc1ccc(O)c(O)c1)C(=O)c1ccc(O)c(O)c1. The Hall–Kier alpha value is -5.25. The van der Waals surface area contributed by atoms with Crippen LogP contribution in [0.15, 0.2) is 54.6 Å². The highest BCUT2D eigenvalue weighted by Crippen LogP contribution is 2.34. The highest BCUT2D eigenvalue weighted by atomic mass is 16.4. The van der Waals surface area contributed by atoms with Gasteiger partial charge in [-0.15, -0.1) is 0 Å². The lowest BCUT2D eigenvalue weighted by atomic mass is 9.92. The molecule has 3 aromatic rings. The Kier molecular flexibility index (Phi) is 7.29. The van der Waals surface area contributed by atoms with E-state index >= 15 is 0 Å². The van der Waals surface area contributed by atoms with Gasteiger partial charge in [0.15, 0.2) is 52.0 Å². The molecule has 0 aliphatic carbocycles. The Morgan fingerprint density at radius 3 is 1.89 bits per heavy atom. The number of rotatable bonds is 8. The maximum atomic E-state index is 12.7. The molecular formula is C26H20O10. The Morgan fingerprint density at radius 1 is 0.667 bits per heavy atom. The smallest absolute Gasteiger partial charge is 0.322 e. The molecule has 0 radical (unpaired) electrons. The molecule has 0 fully saturated rings. The summed E-state index contributed by atoms with van der Waals surface area (Å²) in [7, 11) is 0. The summed E-state index contributed by atoms with van der Waals surface area (Å²) in [4.78, 5) is 37.0. The second-order valence-electron chi connectivity index (χ2n) is 7.59. The number of carbonyl (C=O) groups excluding carboxylic acids is 2. The van der Waals surface area contributed by atoms with Crippen molar-refractivity contribution in [3.8, 4) is 34.5 Å². The predicted octanol–water partition coefficient (Wildman–Crippen LogP) is 3.26. The van der Waals surface area contributed by atoms with Gasteiger partial charge in [-0.1, -0.05) is 24.3 Å². The second-order valence-corrected chi connectivity index (χ2v) is 7.59. The molecule has 1 atom stereocenters. The lowest BCUT2D eigenvalue weighted by Gasteiger charge is -2.10. The van der Waals surface area contributed by atoms with Gasteiger partial charge < -0.3 is 35.7 Å². The Morgan fingerprint density at radius 2 is 1.28 bits per heavy atom. The normalized spacial score (nSPS) is 12.1. The van der Waals surface area contributed by atoms with E-state index in [1.807, 2.05) is 0 Å². The fourth-order valence-electron chi connectivity index (χ4n) is 3.23. The van der Waals surface area contributed by atoms with Crippen molar-refractivity contribution in [2.75, 3.05) is 0 Å². The summed E-state index contributed by atoms with van der Waals surface area (Å²) < 4.78 is 0. The first-order valence-electron chi connectivity index (χ1n) is 10.3. The van der Waals surface area contributed by atoms with Gasteiger partial charge in [-0.25, -0.2) is 0 Å². The Bertz CT molecular complexity index is 1420. The molecule has 0 bridgehead atoms. The van der Waals surface area contributed by atoms with Gasteiger partial charge in [-0.05, 0) is 59.7 Å². The fourth-order valence-corrected chi connectivity index (χ4v) is 3.23. The van der Waals surface area contributed by atoms with Crippen LogP contribution in [0.1, 0.15) is 27.0 Å². The van der Waals surface area contributed by atoms with Gasteiger partial charge in [0.2, 0.25) is 0 Å². The quantitative estimate of drug-likeness (QED) is 0.0807. The summed E-state index contributed by atoms with van der Waals surface area (Å²) >= 11 is 0. The zero-order valence-electron chi connectivity index (χ0n) is 18.4. The monoisotopic (exact) mass is 492 g/mol. The summed E-state index contributed by atoms with van der Waals surface area (Å²) in [6, 6.07) is 9.31. The van der Waals surface area contributed by atoms with Crippen LogP contribution in [-0.4, -0.2) is 53.3 Å². The van der Waals surface area contributed by atoms with Gasteiger partial charge >= 0.3 is 5.97 Å².